The number of alkyl halides is 1. The van der Waals surface area contributed by atoms with Crippen molar-refractivity contribution in [2.75, 3.05) is 0 Å². The van der Waals surface area contributed by atoms with Gasteiger partial charge in [0.05, 0.1) is 20.0 Å². The Bertz CT molecular complexity index is 813. The highest BCUT2D eigenvalue weighted by Gasteiger charge is 2.18. The summed E-state index contributed by atoms with van der Waals surface area (Å²) in [6.07, 6.45) is 0. The zero-order valence-electron chi connectivity index (χ0n) is 10.9. The minimum Gasteiger partial charge on any atom is -0.295 e. The fourth-order valence-electron chi connectivity index (χ4n) is 2.22. The first-order valence-electron chi connectivity index (χ1n) is 6.25. The molecule has 1 heterocycles. The average molecular weight is 527 g/mol. The minimum atomic E-state index is -0.266. The van der Waals surface area contributed by atoms with Crippen molar-refractivity contribution >= 4 is 67.8 Å². The standard InChI is InChI=1S/C15H10ClFI2N2/c1-8(16)15-20-13-7-12(19)11(17)6-14(13)21(15)10-4-2-9(18)3-5-10/h2-8H,1H3. The number of fused-ring (bicyclic) bond motifs is 1. The van der Waals surface area contributed by atoms with Crippen LogP contribution in [0.15, 0.2) is 36.4 Å². The molecule has 2 nitrogen and oxygen atoms in total. The molecule has 21 heavy (non-hydrogen) atoms. The van der Waals surface area contributed by atoms with Gasteiger partial charge in [-0.25, -0.2) is 9.37 Å². The highest BCUT2D eigenvalue weighted by molar-refractivity contribution is 14.1. The third kappa shape index (κ3) is 2.92. The van der Waals surface area contributed by atoms with Crippen molar-refractivity contribution in [1.82, 2.24) is 9.55 Å². The van der Waals surface area contributed by atoms with Crippen LogP contribution < -0.4 is 0 Å². The van der Waals surface area contributed by atoms with Crippen LogP contribution in [0.5, 0.6) is 0 Å². The van der Waals surface area contributed by atoms with Crippen molar-refractivity contribution < 1.29 is 4.39 Å². The van der Waals surface area contributed by atoms with Crippen LogP contribution in [0.25, 0.3) is 16.7 Å². The lowest BCUT2D eigenvalue weighted by atomic mass is 10.2. The molecule has 6 heteroatoms. The Hall–Kier alpha value is -0.410. The van der Waals surface area contributed by atoms with E-state index in [1.54, 1.807) is 6.07 Å². The molecule has 0 aliphatic carbocycles. The van der Waals surface area contributed by atoms with E-state index in [0.29, 0.717) is 9.39 Å². The number of benzene rings is 2. The van der Waals surface area contributed by atoms with Crippen LogP contribution in [-0.4, -0.2) is 9.55 Å². The molecule has 1 aromatic heterocycles. The number of rotatable bonds is 2. The van der Waals surface area contributed by atoms with E-state index in [-0.39, 0.29) is 11.2 Å². The third-order valence-corrected chi connectivity index (χ3v) is 4.90. The summed E-state index contributed by atoms with van der Waals surface area (Å²) in [6.45, 7) is 1.87. The van der Waals surface area contributed by atoms with Crippen molar-refractivity contribution in [2.24, 2.45) is 0 Å². The predicted octanol–water partition coefficient (Wildman–Crippen LogP) is 5.67. The smallest absolute Gasteiger partial charge is 0.138 e. The van der Waals surface area contributed by atoms with Gasteiger partial charge in [-0.15, -0.1) is 11.6 Å². The van der Waals surface area contributed by atoms with Crippen LogP contribution >= 0.6 is 56.8 Å². The molecule has 0 saturated heterocycles. The zero-order valence-corrected chi connectivity index (χ0v) is 16.0. The first kappa shape index (κ1) is 15.5. The lowest BCUT2D eigenvalue weighted by molar-refractivity contribution is 0.621. The quantitative estimate of drug-likeness (QED) is 0.311. The van der Waals surface area contributed by atoms with Crippen molar-refractivity contribution in [3.8, 4) is 5.69 Å². The Morgan fingerprint density at radius 1 is 1.19 bits per heavy atom. The van der Waals surface area contributed by atoms with Gasteiger partial charge in [0.1, 0.15) is 11.6 Å². The van der Waals surface area contributed by atoms with Gasteiger partial charge in [0, 0.05) is 15.3 Å². The van der Waals surface area contributed by atoms with Crippen LogP contribution in [0, 0.1) is 13.0 Å². The Kier molecular flexibility index (Phi) is 4.42. The van der Waals surface area contributed by atoms with Crippen LogP contribution in [0.1, 0.15) is 18.1 Å². The maximum atomic E-state index is 13.9. The number of imidazole rings is 1. The number of hydrogen-bond acceptors (Lipinski definition) is 1. The highest BCUT2D eigenvalue weighted by Crippen LogP contribution is 2.30. The molecule has 2 aromatic carbocycles. The van der Waals surface area contributed by atoms with Gasteiger partial charge in [-0.05, 0) is 82.4 Å². The molecule has 0 spiro atoms. The molecule has 0 amide bonds. The van der Waals surface area contributed by atoms with Crippen molar-refractivity contribution in [3.63, 3.8) is 0 Å². The number of halogens is 4. The average Bonchev–Trinajstić information content (AvgIpc) is 2.79. The monoisotopic (exact) mass is 526 g/mol. The van der Waals surface area contributed by atoms with E-state index in [0.717, 1.165) is 20.3 Å². The molecular formula is C15H10ClFI2N2. The molecule has 3 rings (SSSR count). The maximum Gasteiger partial charge on any atom is 0.138 e. The van der Waals surface area contributed by atoms with Gasteiger partial charge in [0.15, 0.2) is 0 Å². The van der Waals surface area contributed by atoms with Crippen LogP contribution in [0.4, 0.5) is 4.39 Å². The van der Waals surface area contributed by atoms with Crippen LogP contribution in [-0.2, 0) is 0 Å². The number of aromatic nitrogens is 2. The highest BCUT2D eigenvalue weighted by atomic mass is 127. The van der Waals surface area contributed by atoms with Crippen molar-refractivity contribution in [2.45, 2.75) is 12.3 Å². The van der Waals surface area contributed by atoms with Crippen molar-refractivity contribution in [3.05, 3.63) is 55.2 Å². The van der Waals surface area contributed by atoms with Crippen LogP contribution in [0.3, 0.4) is 0 Å². The second kappa shape index (κ2) is 6.00. The Labute approximate surface area is 154 Å². The van der Waals surface area contributed by atoms with Gasteiger partial charge >= 0.3 is 0 Å². The normalized spacial score (nSPS) is 12.8. The molecule has 0 saturated carbocycles. The molecule has 0 aliphatic rings. The van der Waals surface area contributed by atoms with E-state index in [2.05, 4.69) is 27.6 Å². The summed E-state index contributed by atoms with van der Waals surface area (Å²) in [5.74, 6) is 0.470. The second-order valence-corrected chi connectivity index (χ2v) is 7.72. The molecule has 1 atom stereocenters. The summed E-state index contributed by atoms with van der Waals surface area (Å²) >= 11 is 10.5. The SMILES string of the molecule is CC(Cl)c1nc2cc(I)c(F)cc2n1-c1ccc(I)cc1. The molecule has 0 bridgehead atoms. The van der Waals surface area contributed by atoms with Gasteiger partial charge in [0.25, 0.3) is 0 Å². The van der Waals surface area contributed by atoms with E-state index >= 15 is 0 Å². The Morgan fingerprint density at radius 3 is 2.48 bits per heavy atom. The number of nitrogens with zero attached hydrogens (tertiary/aromatic N) is 2. The molecule has 108 valence electrons. The fraction of sp³-hybridized carbons (Fsp3) is 0.133. The summed E-state index contributed by atoms with van der Waals surface area (Å²) < 4.78 is 17.6. The molecule has 3 aromatic rings. The zero-order chi connectivity index (χ0) is 15.1. The molecule has 1 unspecified atom stereocenters. The van der Waals surface area contributed by atoms with Crippen molar-refractivity contribution in [1.29, 1.82) is 0 Å². The summed E-state index contributed by atoms with van der Waals surface area (Å²) in [7, 11) is 0. The third-order valence-electron chi connectivity index (χ3n) is 3.16. The summed E-state index contributed by atoms with van der Waals surface area (Å²) in [5, 5.41) is -0.266. The van der Waals surface area contributed by atoms with Gasteiger partial charge in [-0.3, -0.25) is 4.57 Å². The lowest BCUT2D eigenvalue weighted by Gasteiger charge is -2.11. The molecule has 0 fully saturated rings. The Morgan fingerprint density at radius 2 is 1.86 bits per heavy atom. The predicted molar refractivity (Wildman–Crippen MR) is 101 cm³/mol. The molecule has 0 aliphatic heterocycles. The Balaban J connectivity index is 2.35. The molecule has 0 N–H and O–H groups in total. The van der Waals surface area contributed by atoms with Crippen LogP contribution in [0.2, 0.25) is 0 Å². The van der Waals surface area contributed by atoms with E-state index in [4.69, 9.17) is 11.6 Å². The first-order valence-corrected chi connectivity index (χ1v) is 8.84. The topological polar surface area (TPSA) is 17.8 Å². The summed E-state index contributed by atoms with van der Waals surface area (Å²) in [6, 6.07) is 11.3. The van der Waals surface area contributed by atoms with E-state index in [1.165, 1.54) is 6.07 Å². The van der Waals surface area contributed by atoms with Gasteiger partial charge in [0.2, 0.25) is 0 Å². The van der Waals surface area contributed by atoms with Gasteiger partial charge in [-0.2, -0.15) is 0 Å². The van der Waals surface area contributed by atoms with E-state index < -0.39 is 0 Å². The van der Waals surface area contributed by atoms with Gasteiger partial charge < -0.3 is 0 Å². The maximum absolute atomic E-state index is 13.9. The second-order valence-electron chi connectivity index (χ2n) is 4.65. The number of hydrogen-bond donors (Lipinski definition) is 0. The summed E-state index contributed by atoms with van der Waals surface area (Å²) in [5.41, 5.74) is 2.42. The lowest BCUT2D eigenvalue weighted by Crippen LogP contribution is -2.02. The van der Waals surface area contributed by atoms with E-state index in [9.17, 15) is 4.39 Å². The fourth-order valence-corrected chi connectivity index (χ4v) is 3.18. The first-order chi connectivity index (χ1) is 9.97. The van der Waals surface area contributed by atoms with E-state index in [1.807, 2.05) is 58.3 Å². The largest absolute Gasteiger partial charge is 0.295 e. The van der Waals surface area contributed by atoms with Gasteiger partial charge in [-0.1, -0.05) is 0 Å². The molecular weight excluding hydrogens is 516 g/mol. The minimum absolute atomic E-state index is 0.247. The molecule has 0 radical (unpaired) electrons. The summed E-state index contributed by atoms with van der Waals surface area (Å²) in [4.78, 5) is 4.57.